The maximum Gasteiger partial charge on any atom is 0.306 e. The maximum absolute atomic E-state index is 10.8. The molecule has 1 rings (SSSR count). The summed E-state index contributed by atoms with van der Waals surface area (Å²) in [5.74, 6) is -0.785. The number of hydrogen-bond acceptors (Lipinski definition) is 1. The molecule has 0 saturated heterocycles. The molecule has 1 N–H and O–H groups in total. The SMILES string of the molecule is CCC(C)(CC)C1=CCC(C(=O)O)CC1. The van der Waals surface area contributed by atoms with Crippen LogP contribution in [0, 0.1) is 11.3 Å². The summed E-state index contributed by atoms with van der Waals surface area (Å²) in [6, 6.07) is 0. The molecule has 15 heavy (non-hydrogen) atoms. The van der Waals surface area contributed by atoms with E-state index in [2.05, 4.69) is 26.8 Å². The summed E-state index contributed by atoms with van der Waals surface area (Å²) in [6.45, 7) is 6.72. The van der Waals surface area contributed by atoms with Crippen molar-refractivity contribution in [3.05, 3.63) is 11.6 Å². The van der Waals surface area contributed by atoms with Crippen molar-refractivity contribution in [3.63, 3.8) is 0 Å². The van der Waals surface area contributed by atoms with Crippen LogP contribution in [0.15, 0.2) is 11.6 Å². The lowest BCUT2D eigenvalue weighted by atomic mass is 9.72. The van der Waals surface area contributed by atoms with Crippen LogP contribution in [0.5, 0.6) is 0 Å². The lowest BCUT2D eigenvalue weighted by Gasteiger charge is -2.33. The number of rotatable bonds is 4. The summed E-state index contributed by atoms with van der Waals surface area (Å²) in [6.07, 6.45) is 6.97. The third-order valence-corrected chi connectivity index (χ3v) is 4.10. The quantitative estimate of drug-likeness (QED) is 0.719. The monoisotopic (exact) mass is 210 g/mol. The molecular formula is C13H22O2. The first-order chi connectivity index (χ1) is 7.03. The van der Waals surface area contributed by atoms with Crippen molar-refractivity contribution in [2.75, 3.05) is 0 Å². The van der Waals surface area contributed by atoms with Crippen LogP contribution in [0.1, 0.15) is 52.9 Å². The van der Waals surface area contributed by atoms with Gasteiger partial charge in [0, 0.05) is 0 Å². The van der Waals surface area contributed by atoms with E-state index in [-0.39, 0.29) is 5.92 Å². The van der Waals surface area contributed by atoms with Gasteiger partial charge < -0.3 is 5.11 Å². The molecule has 2 nitrogen and oxygen atoms in total. The van der Waals surface area contributed by atoms with Crippen molar-refractivity contribution in [2.24, 2.45) is 11.3 Å². The van der Waals surface area contributed by atoms with E-state index in [1.807, 2.05) is 0 Å². The lowest BCUT2D eigenvalue weighted by Crippen LogP contribution is -2.23. The highest BCUT2D eigenvalue weighted by Gasteiger charge is 2.29. The van der Waals surface area contributed by atoms with Crippen LogP contribution in [-0.4, -0.2) is 11.1 Å². The first-order valence-electron chi connectivity index (χ1n) is 5.95. The minimum Gasteiger partial charge on any atom is -0.481 e. The zero-order valence-corrected chi connectivity index (χ0v) is 10.0. The second-order valence-electron chi connectivity index (χ2n) is 4.81. The molecule has 0 bridgehead atoms. The minimum absolute atomic E-state index is 0.147. The smallest absolute Gasteiger partial charge is 0.306 e. The molecule has 0 aromatic rings. The van der Waals surface area contributed by atoms with Gasteiger partial charge in [0.25, 0.3) is 0 Å². The average molecular weight is 210 g/mol. The Balaban J connectivity index is 2.71. The fraction of sp³-hybridized carbons (Fsp3) is 0.769. The molecular weight excluding hydrogens is 188 g/mol. The van der Waals surface area contributed by atoms with E-state index < -0.39 is 5.97 Å². The molecule has 0 amide bonds. The molecule has 0 aliphatic heterocycles. The molecule has 0 heterocycles. The molecule has 0 aromatic carbocycles. The Kier molecular flexibility index (Phi) is 3.95. The number of aliphatic carboxylic acids is 1. The van der Waals surface area contributed by atoms with Gasteiger partial charge in [0.05, 0.1) is 5.92 Å². The summed E-state index contributed by atoms with van der Waals surface area (Å²) in [7, 11) is 0. The van der Waals surface area contributed by atoms with Crippen molar-refractivity contribution in [1.82, 2.24) is 0 Å². The van der Waals surface area contributed by atoms with Gasteiger partial charge in [-0.2, -0.15) is 0 Å². The van der Waals surface area contributed by atoms with Gasteiger partial charge in [-0.15, -0.1) is 0 Å². The molecule has 2 heteroatoms. The van der Waals surface area contributed by atoms with Gasteiger partial charge in [-0.25, -0.2) is 0 Å². The average Bonchev–Trinajstić information content (AvgIpc) is 2.28. The number of carbonyl (C=O) groups is 1. The van der Waals surface area contributed by atoms with Crippen LogP contribution in [0.3, 0.4) is 0 Å². The Labute approximate surface area is 92.4 Å². The number of carboxylic acid groups (broad SMARTS) is 1. The summed E-state index contributed by atoms with van der Waals surface area (Å²) in [4.78, 5) is 10.8. The Hall–Kier alpha value is -0.790. The zero-order valence-electron chi connectivity index (χ0n) is 10.0. The molecule has 0 saturated carbocycles. The number of carboxylic acids is 1. The Morgan fingerprint density at radius 2 is 2.13 bits per heavy atom. The molecule has 1 aliphatic rings. The van der Waals surface area contributed by atoms with Crippen molar-refractivity contribution >= 4 is 5.97 Å². The van der Waals surface area contributed by atoms with Crippen molar-refractivity contribution in [2.45, 2.75) is 52.9 Å². The standard InChI is InChI=1S/C13H22O2/c1-4-13(3,5-2)11-8-6-10(7-9-11)12(14)15/h8,10H,4-7,9H2,1-3H3,(H,14,15). The topological polar surface area (TPSA) is 37.3 Å². The van der Waals surface area contributed by atoms with Crippen LogP contribution in [-0.2, 0) is 4.79 Å². The van der Waals surface area contributed by atoms with Gasteiger partial charge in [-0.05, 0) is 37.5 Å². The van der Waals surface area contributed by atoms with E-state index in [0.29, 0.717) is 5.41 Å². The molecule has 0 radical (unpaired) electrons. The van der Waals surface area contributed by atoms with Crippen LogP contribution >= 0.6 is 0 Å². The molecule has 0 aromatic heterocycles. The maximum atomic E-state index is 10.8. The second kappa shape index (κ2) is 4.82. The third kappa shape index (κ3) is 2.61. The summed E-state index contributed by atoms with van der Waals surface area (Å²) >= 11 is 0. The Morgan fingerprint density at radius 3 is 2.47 bits per heavy atom. The summed E-state index contributed by atoms with van der Waals surface area (Å²) < 4.78 is 0. The Morgan fingerprint density at radius 1 is 1.53 bits per heavy atom. The van der Waals surface area contributed by atoms with Crippen molar-refractivity contribution in [3.8, 4) is 0 Å². The normalized spacial score (nSPS) is 22.3. The fourth-order valence-electron chi connectivity index (χ4n) is 2.31. The molecule has 0 fully saturated rings. The first kappa shape index (κ1) is 12.3. The van der Waals surface area contributed by atoms with Gasteiger partial charge >= 0.3 is 5.97 Å². The predicted molar refractivity (Wildman–Crippen MR) is 61.7 cm³/mol. The van der Waals surface area contributed by atoms with E-state index in [9.17, 15) is 4.79 Å². The highest BCUT2D eigenvalue weighted by atomic mass is 16.4. The molecule has 1 unspecified atom stereocenters. The highest BCUT2D eigenvalue weighted by Crippen LogP contribution is 2.40. The van der Waals surface area contributed by atoms with E-state index in [1.165, 1.54) is 5.57 Å². The first-order valence-corrected chi connectivity index (χ1v) is 5.95. The van der Waals surface area contributed by atoms with Crippen molar-refractivity contribution < 1.29 is 9.90 Å². The molecule has 1 atom stereocenters. The number of hydrogen-bond donors (Lipinski definition) is 1. The van der Waals surface area contributed by atoms with E-state index in [4.69, 9.17) is 5.11 Å². The van der Waals surface area contributed by atoms with Gasteiger partial charge in [-0.1, -0.05) is 32.4 Å². The largest absolute Gasteiger partial charge is 0.481 e. The van der Waals surface area contributed by atoms with Gasteiger partial charge in [-0.3, -0.25) is 4.79 Å². The summed E-state index contributed by atoms with van der Waals surface area (Å²) in [5, 5.41) is 8.91. The van der Waals surface area contributed by atoms with Crippen LogP contribution < -0.4 is 0 Å². The zero-order chi connectivity index (χ0) is 11.5. The van der Waals surface area contributed by atoms with Crippen LogP contribution in [0.4, 0.5) is 0 Å². The van der Waals surface area contributed by atoms with Crippen LogP contribution in [0.2, 0.25) is 0 Å². The summed E-state index contributed by atoms with van der Waals surface area (Å²) in [5.41, 5.74) is 1.77. The fourth-order valence-corrected chi connectivity index (χ4v) is 2.31. The van der Waals surface area contributed by atoms with Crippen LogP contribution in [0.25, 0.3) is 0 Å². The highest BCUT2D eigenvalue weighted by molar-refractivity contribution is 5.70. The van der Waals surface area contributed by atoms with E-state index >= 15 is 0 Å². The van der Waals surface area contributed by atoms with Gasteiger partial charge in [0.2, 0.25) is 0 Å². The molecule has 1 aliphatic carbocycles. The van der Waals surface area contributed by atoms with Gasteiger partial charge in [0.15, 0.2) is 0 Å². The van der Waals surface area contributed by atoms with Gasteiger partial charge in [0.1, 0.15) is 0 Å². The molecule has 86 valence electrons. The lowest BCUT2D eigenvalue weighted by molar-refractivity contribution is -0.142. The van der Waals surface area contributed by atoms with E-state index in [1.54, 1.807) is 0 Å². The van der Waals surface area contributed by atoms with Crippen molar-refractivity contribution in [1.29, 1.82) is 0 Å². The molecule has 0 spiro atoms. The second-order valence-corrected chi connectivity index (χ2v) is 4.81. The Bertz CT molecular complexity index is 262. The third-order valence-electron chi connectivity index (χ3n) is 4.10. The predicted octanol–water partition coefficient (Wildman–Crippen LogP) is 3.62. The van der Waals surface area contributed by atoms with E-state index in [0.717, 1.165) is 32.1 Å². The minimum atomic E-state index is -0.639. The number of allylic oxidation sites excluding steroid dienone is 2.